The summed E-state index contributed by atoms with van der Waals surface area (Å²) in [5.74, 6) is 0.577. The van der Waals surface area contributed by atoms with Gasteiger partial charge in [0.05, 0.1) is 6.20 Å². The molecule has 3 rings (SSSR count). The lowest BCUT2D eigenvalue weighted by Crippen LogP contribution is -2.36. The van der Waals surface area contributed by atoms with Gasteiger partial charge in [0, 0.05) is 23.7 Å². The maximum Gasteiger partial charge on any atom is 0.244 e. The molecule has 0 spiro atoms. The molecule has 0 bridgehead atoms. The van der Waals surface area contributed by atoms with E-state index in [-0.39, 0.29) is 17.7 Å². The van der Waals surface area contributed by atoms with Crippen LogP contribution in [-0.4, -0.2) is 22.0 Å². The monoisotopic (exact) mass is 322 g/mol. The Balaban J connectivity index is 1.47. The van der Waals surface area contributed by atoms with Crippen molar-refractivity contribution in [3.8, 4) is 5.75 Å². The molecule has 0 saturated heterocycles. The Kier molecular flexibility index (Phi) is 5.26. The number of carbonyl (C=O) groups is 1. The molecule has 1 heterocycles. The first kappa shape index (κ1) is 16.2. The molecule has 1 amide bonds. The highest BCUT2D eigenvalue weighted by atomic mass is 16.3. The van der Waals surface area contributed by atoms with Gasteiger partial charge in [-0.2, -0.15) is 0 Å². The number of pyridine rings is 1. The Labute approximate surface area is 142 Å². The van der Waals surface area contributed by atoms with Crippen molar-refractivity contribution in [2.24, 2.45) is 0 Å². The zero-order valence-electron chi connectivity index (χ0n) is 13.6. The zero-order valence-corrected chi connectivity index (χ0v) is 13.6. The van der Waals surface area contributed by atoms with Crippen LogP contribution in [0.2, 0.25) is 0 Å². The molecule has 1 aliphatic carbocycles. The number of rotatable bonds is 4. The number of hydrogen-bond acceptors (Lipinski definition) is 3. The number of benzene rings is 1. The van der Waals surface area contributed by atoms with Gasteiger partial charge in [0.1, 0.15) is 5.75 Å². The largest absolute Gasteiger partial charge is 0.506 e. The van der Waals surface area contributed by atoms with Crippen LogP contribution in [0.5, 0.6) is 5.75 Å². The predicted octanol–water partition coefficient (Wildman–Crippen LogP) is 3.64. The van der Waals surface area contributed by atoms with E-state index in [1.54, 1.807) is 12.1 Å². The lowest BCUT2D eigenvalue weighted by Gasteiger charge is -2.28. The summed E-state index contributed by atoms with van der Waals surface area (Å²) in [7, 11) is 0. The van der Waals surface area contributed by atoms with Gasteiger partial charge >= 0.3 is 0 Å². The highest BCUT2D eigenvalue weighted by Crippen LogP contribution is 2.32. The third-order valence-corrected chi connectivity index (χ3v) is 4.49. The third kappa shape index (κ3) is 4.44. The van der Waals surface area contributed by atoms with Crippen molar-refractivity contribution in [2.45, 2.75) is 37.6 Å². The summed E-state index contributed by atoms with van der Waals surface area (Å²) in [6.07, 6.45) is 8.86. The molecule has 1 aromatic carbocycles. The number of hydrogen-bond donors (Lipinski definition) is 2. The van der Waals surface area contributed by atoms with Gasteiger partial charge in [-0.05, 0) is 49.5 Å². The molecule has 1 aromatic heterocycles. The minimum atomic E-state index is -0.0370. The summed E-state index contributed by atoms with van der Waals surface area (Å²) in [4.78, 5) is 16.3. The van der Waals surface area contributed by atoms with Gasteiger partial charge in [0.15, 0.2) is 0 Å². The van der Waals surface area contributed by atoms with Crippen LogP contribution >= 0.6 is 0 Å². The van der Waals surface area contributed by atoms with Crippen LogP contribution in [0.3, 0.4) is 0 Å². The first-order chi connectivity index (χ1) is 11.7. The number of aromatic hydroxyl groups is 1. The van der Waals surface area contributed by atoms with E-state index in [1.165, 1.54) is 6.20 Å². The van der Waals surface area contributed by atoms with Gasteiger partial charge in [0.25, 0.3) is 0 Å². The van der Waals surface area contributed by atoms with E-state index in [0.29, 0.717) is 5.92 Å². The fourth-order valence-corrected chi connectivity index (χ4v) is 3.16. The second kappa shape index (κ2) is 7.77. The summed E-state index contributed by atoms with van der Waals surface area (Å²) in [5.41, 5.74) is 2.05. The number of nitrogens with zero attached hydrogens (tertiary/aromatic N) is 1. The molecule has 4 heteroatoms. The van der Waals surface area contributed by atoms with Crippen molar-refractivity contribution in [2.75, 3.05) is 0 Å². The number of aromatic nitrogens is 1. The number of amides is 1. The molecule has 4 nitrogen and oxygen atoms in total. The number of nitrogens with one attached hydrogen (secondary N) is 1. The first-order valence-corrected chi connectivity index (χ1v) is 8.39. The summed E-state index contributed by atoms with van der Waals surface area (Å²) in [5, 5.41) is 12.4. The Hall–Kier alpha value is -2.62. The highest BCUT2D eigenvalue weighted by molar-refractivity contribution is 5.91. The van der Waals surface area contributed by atoms with Crippen molar-refractivity contribution in [3.63, 3.8) is 0 Å². The molecular formula is C20H22N2O2. The molecule has 2 aromatic rings. The SMILES string of the molecule is O=C(/C=C/c1ccccc1)N[C@H]1CC[C@H](c2ccc(O)cn2)CC1. The zero-order chi connectivity index (χ0) is 16.8. The van der Waals surface area contributed by atoms with Gasteiger partial charge in [-0.1, -0.05) is 30.3 Å². The normalized spacial score (nSPS) is 20.8. The minimum absolute atomic E-state index is 0.0370. The minimum Gasteiger partial charge on any atom is -0.506 e. The smallest absolute Gasteiger partial charge is 0.244 e. The molecule has 1 aliphatic rings. The molecule has 124 valence electrons. The van der Waals surface area contributed by atoms with Gasteiger partial charge in [0.2, 0.25) is 5.91 Å². The molecule has 2 N–H and O–H groups in total. The fraction of sp³-hybridized carbons (Fsp3) is 0.300. The maximum atomic E-state index is 12.0. The summed E-state index contributed by atoms with van der Waals surface area (Å²) < 4.78 is 0. The molecule has 0 aliphatic heterocycles. The van der Waals surface area contributed by atoms with E-state index >= 15 is 0 Å². The fourth-order valence-electron chi connectivity index (χ4n) is 3.16. The molecule has 24 heavy (non-hydrogen) atoms. The second-order valence-electron chi connectivity index (χ2n) is 6.24. The summed E-state index contributed by atoms with van der Waals surface area (Å²) >= 11 is 0. The quantitative estimate of drug-likeness (QED) is 0.845. The lowest BCUT2D eigenvalue weighted by molar-refractivity contribution is -0.117. The Morgan fingerprint density at radius 2 is 1.83 bits per heavy atom. The van der Waals surface area contributed by atoms with Crippen LogP contribution in [0.1, 0.15) is 42.9 Å². The molecule has 0 unspecified atom stereocenters. The van der Waals surface area contributed by atoms with Crippen LogP contribution in [0.15, 0.2) is 54.7 Å². The van der Waals surface area contributed by atoms with Crippen LogP contribution in [0.4, 0.5) is 0 Å². The van der Waals surface area contributed by atoms with Crippen LogP contribution < -0.4 is 5.32 Å². The average molecular weight is 322 g/mol. The molecular weight excluding hydrogens is 300 g/mol. The second-order valence-corrected chi connectivity index (χ2v) is 6.24. The molecule has 0 radical (unpaired) electrons. The van der Waals surface area contributed by atoms with Gasteiger partial charge in [-0.15, -0.1) is 0 Å². The van der Waals surface area contributed by atoms with Crippen LogP contribution in [-0.2, 0) is 4.79 Å². The lowest BCUT2D eigenvalue weighted by atomic mass is 9.84. The van der Waals surface area contributed by atoms with Crippen molar-refractivity contribution in [3.05, 3.63) is 66.0 Å². The van der Waals surface area contributed by atoms with E-state index in [2.05, 4.69) is 10.3 Å². The van der Waals surface area contributed by atoms with Gasteiger partial charge in [-0.25, -0.2) is 0 Å². The van der Waals surface area contributed by atoms with Crippen LogP contribution in [0, 0.1) is 0 Å². The van der Waals surface area contributed by atoms with E-state index < -0.39 is 0 Å². The van der Waals surface area contributed by atoms with Crippen molar-refractivity contribution < 1.29 is 9.90 Å². The third-order valence-electron chi connectivity index (χ3n) is 4.49. The standard InChI is InChI=1S/C20H22N2O2/c23-18-11-12-19(21-14-18)16-7-9-17(10-8-16)22-20(24)13-6-15-4-2-1-3-5-15/h1-6,11-14,16-17,23H,7-10H2,(H,22,24)/b13-6+/t16-,17-. The first-order valence-electron chi connectivity index (χ1n) is 8.39. The predicted molar refractivity (Wildman–Crippen MR) is 94.5 cm³/mol. The highest BCUT2D eigenvalue weighted by Gasteiger charge is 2.23. The Bertz CT molecular complexity index is 687. The van der Waals surface area contributed by atoms with Crippen molar-refractivity contribution in [1.29, 1.82) is 0 Å². The topological polar surface area (TPSA) is 62.2 Å². The van der Waals surface area contributed by atoms with Gasteiger partial charge in [-0.3, -0.25) is 9.78 Å². The number of carbonyl (C=O) groups excluding carboxylic acids is 1. The van der Waals surface area contributed by atoms with Crippen molar-refractivity contribution >= 4 is 12.0 Å². The molecule has 0 atom stereocenters. The maximum absolute atomic E-state index is 12.0. The van der Waals surface area contributed by atoms with E-state index in [9.17, 15) is 9.90 Å². The average Bonchev–Trinajstić information content (AvgIpc) is 2.62. The molecule has 1 saturated carbocycles. The van der Waals surface area contributed by atoms with Crippen molar-refractivity contribution in [1.82, 2.24) is 10.3 Å². The Morgan fingerprint density at radius 1 is 1.08 bits per heavy atom. The van der Waals surface area contributed by atoms with Crippen LogP contribution in [0.25, 0.3) is 6.08 Å². The van der Waals surface area contributed by atoms with E-state index in [1.807, 2.05) is 42.5 Å². The van der Waals surface area contributed by atoms with E-state index in [0.717, 1.165) is 36.9 Å². The summed E-state index contributed by atoms with van der Waals surface area (Å²) in [6, 6.07) is 13.6. The van der Waals surface area contributed by atoms with Gasteiger partial charge < -0.3 is 10.4 Å². The Morgan fingerprint density at radius 3 is 2.50 bits per heavy atom. The molecule has 1 fully saturated rings. The summed E-state index contributed by atoms with van der Waals surface area (Å²) in [6.45, 7) is 0. The van der Waals surface area contributed by atoms with E-state index in [4.69, 9.17) is 0 Å².